The van der Waals surface area contributed by atoms with Gasteiger partial charge in [-0.2, -0.15) is 0 Å². The Balaban J connectivity index is 2.78. The van der Waals surface area contributed by atoms with Crippen LogP contribution in [0.2, 0.25) is 0 Å². The highest BCUT2D eigenvalue weighted by molar-refractivity contribution is 7.09. The lowest BCUT2D eigenvalue weighted by Gasteiger charge is -2.41. The average Bonchev–Trinajstić information content (AvgIpc) is 2.62. The van der Waals surface area contributed by atoms with Crippen LogP contribution in [0.1, 0.15) is 31.3 Å². The minimum absolute atomic E-state index is 0.0520. The summed E-state index contributed by atoms with van der Waals surface area (Å²) in [6, 6.07) is 0. The molecule has 16 heavy (non-hydrogen) atoms. The first-order valence-electron chi connectivity index (χ1n) is 5.72. The van der Waals surface area contributed by atoms with Gasteiger partial charge in [-0.15, -0.1) is 11.3 Å². The Bertz CT molecular complexity index is 335. The number of thiazole rings is 1. The molecule has 1 rings (SSSR count). The molecule has 0 saturated carbocycles. The van der Waals surface area contributed by atoms with Crippen LogP contribution in [0.5, 0.6) is 0 Å². The summed E-state index contributed by atoms with van der Waals surface area (Å²) < 4.78 is 0. The van der Waals surface area contributed by atoms with Gasteiger partial charge in [-0.1, -0.05) is 13.8 Å². The molecule has 1 atom stereocenters. The minimum Gasteiger partial charge on any atom is -0.329 e. The van der Waals surface area contributed by atoms with Gasteiger partial charge >= 0.3 is 0 Å². The highest BCUT2D eigenvalue weighted by Gasteiger charge is 2.31. The number of likely N-dealkylation sites (N-methyl/N-ethyl adjacent to an activating group) is 1. The van der Waals surface area contributed by atoms with E-state index in [2.05, 4.69) is 44.6 Å². The maximum absolute atomic E-state index is 5.92. The molecule has 1 aromatic heterocycles. The van der Waals surface area contributed by atoms with Crippen LogP contribution in [0.15, 0.2) is 5.51 Å². The third kappa shape index (κ3) is 2.62. The molecule has 0 aromatic carbocycles. The number of hydrogen-bond acceptors (Lipinski definition) is 4. The van der Waals surface area contributed by atoms with Gasteiger partial charge in [0.25, 0.3) is 0 Å². The van der Waals surface area contributed by atoms with Gasteiger partial charge in [0.05, 0.1) is 11.2 Å². The summed E-state index contributed by atoms with van der Waals surface area (Å²) in [6.07, 6.45) is 0. The van der Waals surface area contributed by atoms with Crippen LogP contribution >= 0.6 is 11.3 Å². The summed E-state index contributed by atoms with van der Waals surface area (Å²) in [4.78, 5) is 7.96. The molecule has 0 aliphatic heterocycles. The van der Waals surface area contributed by atoms with Gasteiger partial charge in [-0.3, -0.25) is 4.90 Å². The van der Waals surface area contributed by atoms with E-state index < -0.39 is 0 Å². The molecule has 2 N–H and O–H groups in total. The molecule has 0 aliphatic rings. The largest absolute Gasteiger partial charge is 0.329 e. The normalized spacial score (nSPS) is 15.8. The molecule has 4 heteroatoms. The third-order valence-corrected chi connectivity index (χ3v) is 4.67. The molecular formula is C12H23N3S. The highest BCUT2D eigenvalue weighted by Crippen LogP contribution is 2.25. The van der Waals surface area contributed by atoms with Gasteiger partial charge in [-0.25, -0.2) is 4.98 Å². The van der Waals surface area contributed by atoms with Gasteiger partial charge in [0.2, 0.25) is 0 Å². The summed E-state index contributed by atoms with van der Waals surface area (Å²) in [5.74, 6) is 0.538. The molecule has 0 bridgehead atoms. The first kappa shape index (κ1) is 13.6. The molecule has 1 heterocycles. The Morgan fingerprint density at radius 2 is 2.19 bits per heavy atom. The Morgan fingerprint density at radius 3 is 2.56 bits per heavy atom. The van der Waals surface area contributed by atoms with Crippen molar-refractivity contribution in [3.05, 3.63) is 16.1 Å². The molecule has 0 radical (unpaired) electrons. The van der Waals surface area contributed by atoms with E-state index in [0.717, 1.165) is 12.2 Å². The molecule has 3 nitrogen and oxygen atoms in total. The molecule has 1 aromatic rings. The fourth-order valence-electron chi connectivity index (χ4n) is 1.71. The zero-order valence-corrected chi connectivity index (χ0v) is 11.8. The minimum atomic E-state index is 0.0520. The Kier molecular flexibility index (Phi) is 4.47. The standard InChI is InChI=1S/C12H23N3S/c1-9(2)12(4,7-13)15(5)6-11-10(3)14-8-16-11/h8-9H,6-7,13H2,1-5H3. The molecule has 0 saturated heterocycles. The lowest BCUT2D eigenvalue weighted by atomic mass is 9.87. The summed E-state index contributed by atoms with van der Waals surface area (Å²) in [5.41, 5.74) is 9.02. The van der Waals surface area contributed by atoms with E-state index >= 15 is 0 Å². The number of nitrogens with two attached hydrogens (primary N) is 1. The Morgan fingerprint density at radius 1 is 1.56 bits per heavy atom. The van der Waals surface area contributed by atoms with Gasteiger partial charge in [0, 0.05) is 23.5 Å². The van der Waals surface area contributed by atoms with Crippen molar-refractivity contribution in [1.29, 1.82) is 0 Å². The van der Waals surface area contributed by atoms with Crippen molar-refractivity contribution in [2.45, 2.75) is 39.8 Å². The Hall–Kier alpha value is -0.450. The number of aromatic nitrogens is 1. The summed E-state index contributed by atoms with van der Waals surface area (Å²) in [6.45, 7) is 10.4. The summed E-state index contributed by atoms with van der Waals surface area (Å²) >= 11 is 1.72. The van der Waals surface area contributed by atoms with Crippen LogP contribution in [0.3, 0.4) is 0 Å². The molecule has 0 aliphatic carbocycles. The van der Waals surface area contributed by atoms with Crippen molar-refractivity contribution in [3.63, 3.8) is 0 Å². The van der Waals surface area contributed by atoms with E-state index in [9.17, 15) is 0 Å². The van der Waals surface area contributed by atoms with Crippen LogP contribution in [0, 0.1) is 12.8 Å². The van der Waals surface area contributed by atoms with E-state index in [0.29, 0.717) is 12.5 Å². The lowest BCUT2D eigenvalue weighted by Crippen LogP contribution is -2.53. The number of nitrogens with zero attached hydrogens (tertiary/aromatic N) is 2. The molecular weight excluding hydrogens is 218 g/mol. The zero-order chi connectivity index (χ0) is 12.3. The van der Waals surface area contributed by atoms with Crippen LogP contribution in [0.25, 0.3) is 0 Å². The first-order chi connectivity index (χ1) is 7.41. The average molecular weight is 241 g/mol. The molecule has 0 spiro atoms. The topological polar surface area (TPSA) is 42.2 Å². The lowest BCUT2D eigenvalue weighted by molar-refractivity contribution is 0.0885. The van der Waals surface area contributed by atoms with Crippen molar-refractivity contribution in [2.24, 2.45) is 11.7 Å². The number of hydrogen-bond donors (Lipinski definition) is 1. The van der Waals surface area contributed by atoms with Crippen LogP contribution in [0.4, 0.5) is 0 Å². The van der Waals surface area contributed by atoms with Gasteiger partial charge in [0.1, 0.15) is 0 Å². The second-order valence-electron chi connectivity index (χ2n) is 4.93. The number of aryl methyl sites for hydroxylation is 1. The smallest absolute Gasteiger partial charge is 0.0798 e. The van der Waals surface area contributed by atoms with Crippen LogP contribution in [-0.4, -0.2) is 29.0 Å². The summed E-state index contributed by atoms with van der Waals surface area (Å²) in [5, 5.41) is 0. The van der Waals surface area contributed by atoms with Crippen molar-refractivity contribution in [1.82, 2.24) is 9.88 Å². The zero-order valence-electron chi connectivity index (χ0n) is 10.9. The van der Waals surface area contributed by atoms with Crippen molar-refractivity contribution >= 4 is 11.3 Å². The quantitative estimate of drug-likeness (QED) is 0.860. The van der Waals surface area contributed by atoms with E-state index in [-0.39, 0.29) is 5.54 Å². The monoisotopic (exact) mass is 241 g/mol. The van der Waals surface area contributed by atoms with E-state index in [1.165, 1.54) is 4.88 Å². The predicted octanol–water partition coefficient (Wildman–Crippen LogP) is 2.26. The van der Waals surface area contributed by atoms with Crippen LogP contribution < -0.4 is 5.73 Å². The maximum atomic E-state index is 5.92. The van der Waals surface area contributed by atoms with Crippen molar-refractivity contribution in [3.8, 4) is 0 Å². The molecule has 0 fully saturated rings. The Labute approximate surface area is 103 Å². The van der Waals surface area contributed by atoms with Gasteiger partial charge in [0.15, 0.2) is 0 Å². The summed E-state index contributed by atoms with van der Waals surface area (Å²) in [7, 11) is 2.14. The van der Waals surface area contributed by atoms with Crippen LogP contribution in [-0.2, 0) is 6.54 Å². The molecule has 0 amide bonds. The van der Waals surface area contributed by atoms with E-state index in [1.54, 1.807) is 11.3 Å². The first-order valence-corrected chi connectivity index (χ1v) is 6.60. The van der Waals surface area contributed by atoms with Crippen molar-refractivity contribution in [2.75, 3.05) is 13.6 Å². The molecule has 1 unspecified atom stereocenters. The second-order valence-corrected chi connectivity index (χ2v) is 5.87. The highest BCUT2D eigenvalue weighted by atomic mass is 32.1. The van der Waals surface area contributed by atoms with Gasteiger partial charge < -0.3 is 5.73 Å². The van der Waals surface area contributed by atoms with Crippen molar-refractivity contribution < 1.29 is 0 Å². The predicted molar refractivity (Wildman–Crippen MR) is 70.6 cm³/mol. The number of rotatable bonds is 5. The molecule has 92 valence electrons. The second kappa shape index (κ2) is 5.25. The van der Waals surface area contributed by atoms with Gasteiger partial charge in [-0.05, 0) is 26.8 Å². The van der Waals surface area contributed by atoms with E-state index in [4.69, 9.17) is 5.73 Å². The SMILES string of the molecule is Cc1ncsc1CN(C)C(C)(CN)C(C)C. The fourth-order valence-corrected chi connectivity index (χ4v) is 2.54. The fraction of sp³-hybridized carbons (Fsp3) is 0.750. The third-order valence-electron chi connectivity index (χ3n) is 3.75. The van der Waals surface area contributed by atoms with E-state index in [1.807, 2.05) is 5.51 Å². The maximum Gasteiger partial charge on any atom is 0.0798 e.